The molecule has 0 fully saturated rings. The number of para-hydroxylation sites is 4. The number of imidazole rings is 1. The Morgan fingerprint density at radius 2 is 1.12 bits per heavy atom. The van der Waals surface area contributed by atoms with Crippen molar-refractivity contribution in [2.24, 2.45) is 0 Å². The Kier molecular flexibility index (Phi) is 5.64. The highest BCUT2D eigenvalue weighted by molar-refractivity contribution is 5.79. The first-order chi connectivity index (χ1) is 16.3. The lowest BCUT2D eigenvalue weighted by atomic mass is 10.0. The molecule has 1 heterocycles. The van der Waals surface area contributed by atoms with E-state index in [1.807, 2.05) is 48.5 Å². The second-order valence-corrected chi connectivity index (χ2v) is 7.63. The molecule has 4 heteroatoms. The molecular formula is C29H25N2O2+. The molecule has 0 N–H and O–H groups in total. The number of ether oxygens (including phenoxy) is 2. The molecule has 162 valence electrons. The summed E-state index contributed by atoms with van der Waals surface area (Å²) in [5.41, 5.74) is 6.27. The number of hydrogen-bond acceptors (Lipinski definition) is 2. The van der Waals surface area contributed by atoms with E-state index in [4.69, 9.17) is 9.47 Å². The summed E-state index contributed by atoms with van der Waals surface area (Å²) in [6.45, 7) is 0. The van der Waals surface area contributed by atoms with Crippen LogP contribution in [-0.2, 0) is 0 Å². The highest BCUT2D eigenvalue weighted by atomic mass is 16.5. The van der Waals surface area contributed by atoms with E-state index >= 15 is 0 Å². The number of rotatable bonds is 6. The van der Waals surface area contributed by atoms with Crippen LogP contribution >= 0.6 is 0 Å². The predicted molar refractivity (Wildman–Crippen MR) is 131 cm³/mol. The van der Waals surface area contributed by atoms with Crippen LogP contribution in [0.4, 0.5) is 0 Å². The van der Waals surface area contributed by atoms with Crippen molar-refractivity contribution in [3.05, 3.63) is 116 Å². The van der Waals surface area contributed by atoms with E-state index in [1.54, 1.807) is 14.2 Å². The standard InChI is InChI=1S/C29H25N2O2/c1-32-26-19-11-9-17-24(26)30-21-31(25-18-10-12-20-27(25)33-2)29(23-15-7-4-8-16-23)28(30)22-13-5-3-6-14-22/h3-21H,1-2H3/q+1. The van der Waals surface area contributed by atoms with Gasteiger partial charge in [0.05, 0.1) is 14.2 Å². The third kappa shape index (κ3) is 3.76. The van der Waals surface area contributed by atoms with Crippen molar-refractivity contribution in [1.29, 1.82) is 0 Å². The van der Waals surface area contributed by atoms with Crippen LogP contribution in [0.2, 0.25) is 0 Å². The molecular weight excluding hydrogens is 408 g/mol. The molecule has 5 rings (SSSR count). The Balaban J connectivity index is 1.93. The summed E-state index contributed by atoms with van der Waals surface area (Å²) >= 11 is 0. The van der Waals surface area contributed by atoms with E-state index in [9.17, 15) is 0 Å². The van der Waals surface area contributed by atoms with E-state index in [0.29, 0.717) is 0 Å². The normalized spacial score (nSPS) is 10.7. The zero-order valence-electron chi connectivity index (χ0n) is 18.7. The number of hydrogen-bond donors (Lipinski definition) is 0. The van der Waals surface area contributed by atoms with Crippen molar-refractivity contribution in [2.75, 3.05) is 14.2 Å². The van der Waals surface area contributed by atoms with Crippen LogP contribution in [0.3, 0.4) is 0 Å². The van der Waals surface area contributed by atoms with Gasteiger partial charge >= 0.3 is 0 Å². The summed E-state index contributed by atoms with van der Waals surface area (Å²) in [4.78, 5) is 0. The molecule has 0 saturated heterocycles. The fourth-order valence-corrected chi connectivity index (χ4v) is 4.23. The Labute approximate surface area is 193 Å². The minimum absolute atomic E-state index is 0.802. The molecule has 33 heavy (non-hydrogen) atoms. The lowest BCUT2D eigenvalue weighted by Crippen LogP contribution is -2.31. The van der Waals surface area contributed by atoms with Crippen LogP contribution in [0.5, 0.6) is 11.5 Å². The van der Waals surface area contributed by atoms with E-state index < -0.39 is 0 Å². The van der Waals surface area contributed by atoms with Crippen molar-refractivity contribution in [3.8, 4) is 45.4 Å². The molecule has 1 aromatic heterocycles. The first-order valence-electron chi connectivity index (χ1n) is 10.9. The molecule has 0 aliphatic rings. The summed E-state index contributed by atoms with van der Waals surface area (Å²) in [5, 5.41) is 0. The molecule has 0 aliphatic heterocycles. The third-order valence-corrected chi connectivity index (χ3v) is 5.72. The molecule has 4 nitrogen and oxygen atoms in total. The molecule has 0 radical (unpaired) electrons. The van der Waals surface area contributed by atoms with Crippen molar-refractivity contribution in [2.45, 2.75) is 0 Å². The smallest absolute Gasteiger partial charge is 0.255 e. The minimum Gasteiger partial charge on any atom is -0.492 e. The van der Waals surface area contributed by atoms with Gasteiger partial charge in [-0.2, -0.15) is 9.13 Å². The van der Waals surface area contributed by atoms with Crippen molar-refractivity contribution >= 4 is 0 Å². The Morgan fingerprint density at radius 3 is 1.79 bits per heavy atom. The van der Waals surface area contributed by atoms with E-state index in [0.717, 1.165) is 45.4 Å². The van der Waals surface area contributed by atoms with Gasteiger partial charge in [-0.3, -0.25) is 0 Å². The van der Waals surface area contributed by atoms with Gasteiger partial charge < -0.3 is 9.47 Å². The third-order valence-electron chi connectivity index (χ3n) is 5.72. The summed E-state index contributed by atoms with van der Waals surface area (Å²) < 4.78 is 15.9. The molecule has 4 aromatic carbocycles. The highest BCUT2D eigenvalue weighted by Crippen LogP contribution is 2.36. The zero-order chi connectivity index (χ0) is 22.6. The predicted octanol–water partition coefficient (Wildman–Crippen LogP) is 6.11. The molecule has 0 amide bonds. The molecule has 0 atom stereocenters. The fraction of sp³-hybridized carbons (Fsp3) is 0.0690. The molecule has 0 bridgehead atoms. The second kappa shape index (κ2) is 9.05. The van der Waals surface area contributed by atoms with E-state index in [2.05, 4.69) is 76.1 Å². The largest absolute Gasteiger partial charge is 0.492 e. The Hall–Kier alpha value is -4.31. The summed E-state index contributed by atoms with van der Waals surface area (Å²) in [6.07, 6.45) is 2.11. The van der Waals surface area contributed by atoms with Gasteiger partial charge in [-0.15, -0.1) is 0 Å². The van der Waals surface area contributed by atoms with Crippen molar-refractivity contribution < 1.29 is 14.0 Å². The maximum atomic E-state index is 5.74. The van der Waals surface area contributed by atoms with Crippen LogP contribution in [0.25, 0.3) is 33.9 Å². The molecule has 0 saturated carbocycles. The maximum Gasteiger partial charge on any atom is 0.255 e. The van der Waals surface area contributed by atoms with E-state index in [-0.39, 0.29) is 0 Å². The topological polar surface area (TPSA) is 27.3 Å². The average molecular weight is 434 g/mol. The van der Waals surface area contributed by atoms with Crippen LogP contribution in [0.1, 0.15) is 0 Å². The second-order valence-electron chi connectivity index (χ2n) is 7.63. The molecule has 0 aliphatic carbocycles. The van der Waals surface area contributed by atoms with Gasteiger partial charge in [-0.25, -0.2) is 0 Å². The summed E-state index contributed by atoms with van der Waals surface area (Å²) in [7, 11) is 3.41. The number of nitrogens with zero attached hydrogens (tertiary/aromatic N) is 2. The van der Waals surface area contributed by atoms with Crippen molar-refractivity contribution in [3.63, 3.8) is 0 Å². The lowest BCUT2D eigenvalue weighted by Gasteiger charge is -2.09. The fourth-order valence-electron chi connectivity index (χ4n) is 4.23. The van der Waals surface area contributed by atoms with Crippen LogP contribution in [0.15, 0.2) is 116 Å². The lowest BCUT2D eigenvalue weighted by molar-refractivity contribution is -0.583. The van der Waals surface area contributed by atoms with Gasteiger partial charge in [0.1, 0.15) is 0 Å². The van der Waals surface area contributed by atoms with Crippen LogP contribution in [0, 0.1) is 0 Å². The van der Waals surface area contributed by atoms with Gasteiger partial charge in [0.25, 0.3) is 6.33 Å². The van der Waals surface area contributed by atoms with E-state index in [1.165, 1.54) is 0 Å². The summed E-state index contributed by atoms with van der Waals surface area (Å²) in [6, 6.07) is 37.1. The number of methoxy groups -OCH3 is 2. The molecule has 0 unspecified atom stereocenters. The van der Waals surface area contributed by atoms with Gasteiger partial charge in [0, 0.05) is 11.1 Å². The van der Waals surface area contributed by atoms with Crippen LogP contribution < -0.4 is 14.0 Å². The zero-order valence-corrected chi connectivity index (χ0v) is 18.7. The quantitative estimate of drug-likeness (QED) is 0.302. The SMILES string of the molecule is COc1ccccc1-n1c[n+](-c2ccccc2OC)c(-c2ccccc2)c1-c1ccccc1. The first kappa shape index (κ1) is 20.6. The van der Waals surface area contributed by atoms with Crippen LogP contribution in [-0.4, -0.2) is 18.8 Å². The summed E-state index contributed by atoms with van der Waals surface area (Å²) in [5.74, 6) is 1.60. The number of benzene rings is 4. The Bertz CT molecular complexity index is 1270. The number of aromatic nitrogens is 2. The van der Waals surface area contributed by atoms with Gasteiger partial charge in [-0.05, 0) is 24.3 Å². The maximum absolute atomic E-state index is 5.74. The highest BCUT2D eigenvalue weighted by Gasteiger charge is 2.30. The van der Waals surface area contributed by atoms with Gasteiger partial charge in [-0.1, -0.05) is 84.9 Å². The average Bonchev–Trinajstić information content (AvgIpc) is 3.30. The monoisotopic (exact) mass is 433 g/mol. The first-order valence-corrected chi connectivity index (χ1v) is 10.9. The van der Waals surface area contributed by atoms with Gasteiger partial charge in [0.15, 0.2) is 34.3 Å². The molecule has 5 aromatic rings. The van der Waals surface area contributed by atoms with Gasteiger partial charge in [0.2, 0.25) is 0 Å². The Morgan fingerprint density at radius 1 is 0.576 bits per heavy atom. The minimum atomic E-state index is 0.802. The van der Waals surface area contributed by atoms with Crippen molar-refractivity contribution in [1.82, 2.24) is 4.57 Å². The molecule has 0 spiro atoms.